The van der Waals surface area contributed by atoms with E-state index in [1.807, 2.05) is 0 Å². The first-order valence-electron chi connectivity index (χ1n) is 40.8. The lowest BCUT2D eigenvalue weighted by molar-refractivity contribution is 0.568. The van der Waals surface area contributed by atoms with Gasteiger partial charge in [-0.05, 0) is 209 Å². The van der Waals surface area contributed by atoms with Crippen molar-refractivity contribution in [3.63, 3.8) is 0 Å². The highest BCUT2D eigenvalue weighted by atomic mass is 15.2. The first-order chi connectivity index (χ1) is 50.9. The summed E-state index contributed by atoms with van der Waals surface area (Å²) in [4.78, 5) is 4.81. The molecule has 0 fully saturated rings. The predicted octanol–water partition coefficient (Wildman–Crippen LogP) is 25.9. The first-order valence-corrected chi connectivity index (χ1v) is 36.8. The van der Waals surface area contributed by atoms with E-state index in [0.717, 1.165) is 95.0 Å². The number of hydrogen-bond donors (Lipinski definition) is 0. The molecule has 2 aliphatic heterocycles. The van der Waals surface area contributed by atoms with Crippen molar-refractivity contribution in [3.05, 3.63) is 263 Å². The molecule has 4 heteroatoms. The summed E-state index contributed by atoms with van der Waals surface area (Å²) in [7, 11) is 0. The second-order valence-electron chi connectivity index (χ2n) is 37.6. The van der Waals surface area contributed by atoms with Gasteiger partial charge in [-0.15, -0.1) is 0 Å². The third-order valence-electron chi connectivity index (χ3n) is 21.5. The van der Waals surface area contributed by atoms with Crippen molar-refractivity contribution in [2.24, 2.45) is 0 Å². The zero-order valence-corrected chi connectivity index (χ0v) is 65.1. The van der Waals surface area contributed by atoms with Crippen LogP contribution in [0.1, 0.15) is 222 Å². The van der Waals surface area contributed by atoms with Gasteiger partial charge in [0.25, 0.3) is 6.71 Å². The van der Waals surface area contributed by atoms with Crippen LogP contribution in [0.25, 0.3) is 72.0 Å². The average molecular weight is 1350 g/mol. The number of para-hydroxylation sites is 2. The highest BCUT2D eigenvalue weighted by Gasteiger charge is 2.45. The molecule has 0 bridgehead atoms. The zero-order chi connectivity index (χ0) is 80.0. The molecule has 11 aromatic carbocycles. The number of aromatic nitrogens is 1. The SMILES string of the molecule is [2H]c1c([2H])c([2H])c2c(c1[2H])c1c([2H])c([2H])c([2H])c([2H])c1n2-c1cc2c3c(c1)N(c1cccc(-c4cc(C(C)(C)C)cc(C(C)(C)C)c4)c1)c1cc(-c4cc(C(C)(C)C)cc(C(C)(C)C)c4)ccc1B3c1ccc(-c3cc(C(C)(C)C)cc(C(C)(C)C)c3)cc1N2c1cccc(-c2cc(C(C)(C)C)cc(C(C)(C)C)c2)c1. The van der Waals surface area contributed by atoms with Crippen molar-refractivity contribution in [2.45, 2.75) is 209 Å². The van der Waals surface area contributed by atoms with Crippen LogP contribution in [-0.2, 0) is 43.3 Å². The van der Waals surface area contributed by atoms with E-state index in [-0.39, 0.29) is 89.3 Å². The fourth-order valence-corrected chi connectivity index (χ4v) is 15.0. The van der Waals surface area contributed by atoms with E-state index in [1.54, 1.807) is 4.57 Å². The van der Waals surface area contributed by atoms with Crippen LogP contribution in [0, 0.1) is 0 Å². The van der Waals surface area contributed by atoms with E-state index in [4.69, 9.17) is 0 Å². The topological polar surface area (TPSA) is 11.4 Å². The van der Waals surface area contributed by atoms with Crippen LogP contribution >= 0.6 is 0 Å². The average Bonchev–Trinajstić information content (AvgIpc) is 0.696. The second kappa shape index (κ2) is 24.3. The maximum absolute atomic E-state index is 10.1. The minimum Gasteiger partial charge on any atom is -0.311 e. The Bertz CT molecular complexity index is 5340. The van der Waals surface area contributed by atoms with Gasteiger partial charge in [-0.3, -0.25) is 0 Å². The fraction of sp³-hybridized carbons (Fsp3) is 0.327. The van der Waals surface area contributed by atoms with Crippen molar-refractivity contribution >= 4 is 79.0 Å². The standard InChI is InChI=1S/C98H108BN3/c1-91(2,3)69-43-65(44-70(55-69)92(4,5)6)61-31-29-33-77(51-61)100-86-53-63(67-47-73(95(13,14)15)57-74(48-67)96(16,17)18)39-41-82(86)99-83-42-40-64(68-49-75(97(19,20)21)58-76(50-68)98(22,23)24)54-87(83)101(78-34-30-32-62(52-78)66-45-71(93(7,8)9)56-72(46-66)94(10,11)12)89-60-79(59-88(100)90(89)99)102-84-37-27-25-35-80(84)81-36-26-28-38-85(81)102/h25-60H,1-24H3/i25D,26D,27D,28D,35D,36D,37D,38D. The summed E-state index contributed by atoms with van der Waals surface area (Å²) in [5, 5.41) is 0.0274. The van der Waals surface area contributed by atoms with Gasteiger partial charge in [-0.2, -0.15) is 0 Å². The fourth-order valence-electron chi connectivity index (χ4n) is 15.0. The van der Waals surface area contributed by atoms with E-state index >= 15 is 0 Å². The Kier molecular flexibility index (Phi) is 14.4. The highest BCUT2D eigenvalue weighted by Crippen LogP contribution is 2.50. The molecular weight excluding hydrogens is 1230 g/mol. The van der Waals surface area contributed by atoms with Crippen LogP contribution in [0.3, 0.4) is 0 Å². The number of rotatable bonds is 7. The van der Waals surface area contributed by atoms with Gasteiger partial charge in [0.1, 0.15) is 0 Å². The van der Waals surface area contributed by atoms with Crippen LogP contribution in [-0.4, -0.2) is 11.3 Å². The quantitative estimate of drug-likeness (QED) is 0.147. The Hall–Kier alpha value is -9.12. The molecule has 2 aliphatic rings. The summed E-state index contributed by atoms with van der Waals surface area (Å²) in [6.45, 7) is 54.3. The number of fused-ring (bicyclic) bond motifs is 7. The molecular formula is C98H108BN3. The van der Waals surface area contributed by atoms with E-state index in [9.17, 15) is 11.0 Å². The summed E-state index contributed by atoms with van der Waals surface area (Å²) in [6.07, 6.45) is 0. The van der Waals surface area contributed by atoms with Crippen LogP contribution in [0.4, 0.5) is 34.1 Å². The summed E-state index contributed by atoms with van der Waals surface area (Å²) in [5.74, 6) is 0. The molecule has 0 radical (unpaired) electrons. The van der Waals surface area contributed by atoms with E-state index < -0.39 is 30.9 Å². The van der Waals surface area contributed by atoms with Crippen LogP contribution in [0.5, 0.6) is 0 Å². The Labute approximate surface area is 623 Å². The Balaban J connectivity index is 1.19. The van der Waals surface area contributed by atoms with Crippen LogP contribution < -0.4 is 26.2 Å². The van der Waals surface area contributed by atoms with E-state index in [0.29, 0.717) is 5.69 Å². The predicted molar refractivity (Wildman–Crippen MR) is 446 cm³/mol. The zero-order valence-electron chi connectivity index (χ0n) is 73.1. The lowest BCUT2D eigenvalue weighted by atomic mass is 9.33. The van der Waals surface area contributed by atoms with E-state index in [2.05, 4.69) is 346 Å². The largest absolute Gasteiger partial charge is 0.311 e. The molecule has 3 heterocycles. The lowest BCUT2D eigenvalue weighted by Gasteiger charge is -2.45. The highest BCUT2D eigenvalue weighted by molar-refractivity contribution is 7.00. The Morgan fingerprint density at radius 3 is 0.814 bits per heavy atom. The van der Waals surface area contributed by atoms with Gasteiger partial charge >= 0.3 is 0 Å². The molecule has 0 amide bonds. The Morgan fingerprint density at radius 2 is 0.529 bits per heavy atom. The minimum atomic E-state index is -0.495. The van der Waals surface area contributed by atoms with Gasteiger partial charge in [0.2, 0.25) is 0 Å². The molecule has 0 unspecified atom stereocenters. The summed E-state index contributed by atoms with van der Waals surface area (Å²) >= 11 is 0. The van der Waals surface area contributed by atoms with E-state index in [1.165, 1.54) is 44.5 Å². The maximum Gasteiger partial charge on any atom is 0.252 e. The lowest BCUT2D eigenvalue weighted by Crippen LogP contribution is -2.61. The number of anilines is 6. The number of hydrogen-bond acceptors (Lipinski definition) is 2. The van der Waals surface area contributed by atoms with Gasteiger partial charge in [0.15, 0.2) is 0 Å². The maximum atomic E-state index is 10.1. The van der Waals surface area contributed by atoms with Crippen molar-refractivity contribution in [3.8, 4) is 50.2 Å². The molecule has 0 aliphatic carbocycles. The molecule has 0 N–H and O–H groups in total. The molecule has 1 aromatic heterocycles. The molecule has 0 atom stereocenters. The van der Waals surface area contributed by atoms with Gasteiger partial charge in [0, 0.05) is 44.9 Å². The first kappa shape index (κ1) is 60.5. The van der Waals surface area contributed by atoms with Gasteiger partial charge < -0.3 is 14.4 Å². The molecule has 0 spiro atoms. The van der Waals surface area contributed by atoms with Gasteiger partial charge in [-0.1, -0.05) is 324 Å². The normalized spacial score (nSPS) is 14.9. The molecule has 102 heavy (non-hydrogen) atoms. The monoisotopic (exact) mass is 1350 g/mol. The molecule has 12 aromatic rings. The molecule has 3 nitrogen and oxygen atoms in total. The van der Waals surface area contributed by atoms with Gasteiger partial charge in [-0.25, -0.2) is 0 Å². The number of benzene rings is 11. The van der Waals surface area contributed by atoms with Crippen LogP contribution in [0.15, 0.2) is 218 Å². The second-order valence-corrected chi connectivity index (χ2v) is 37.6. The third-order valence-corrected chi connectivity index (χ3v) is 21.5. The van der Waals surface area contributed by atoms with Gasteiger partial charge in [0.05, 0.1) is 27.7 Å². The molecule has 0 saturated carbocycles. The van der Waals surface area contributed by atoms with Crippen molar-refractivity contribution in [1.29, 1.82) is 0 Å². The Morgan fingerprint density at radius 1 is 0.255 bits per heavy atom. The number of nitrogens with zero attached hydrogens (tertiary/aromatic N) is 3. The molecule has 14 rings (SSSR count). The van der Waals surface area contributed by atoms with Crippen molar-refractivity contribution in [1.82, 2.24) is 4.57 Å². The smallest absolute Gasteiger partial charge is 0.252 e. The van der Waals surface area contributed by atoms with Crippen molar-refractivity contribution < 1.29 is 11.0 Å². The summed E-state index contributed by atoms with van der Waals surface area (Å²) < 4.78 is 78.7. The van der Waals surface area contributed by atoms with Crippen LogP contribution in [0.2, 0.25) is 0 Å². The van der Waals surface area contributed by atoms with Crippen molar-refractivity contribution in [2.75, 3.05) is 9.80 Å². The summed E-state index contributed by atoms with van der Waals surface area (Å²) in [6, 6.07) is 61.0. The molecule has 0 saturated heterocycles. The summed E-state index contributed by atoms with van der Waals surface area (Å²) in [5.41, 5.74) is 25.8. The minimum absolute atomic E-state index is 0.0137. The third kappa shape index (κ3) is 12.9. The molecule has 518 valence electrons.